The van der Waals surface area contributed by atoms with E-state index in [1.165, 1.54) is 18.2 Å². The van der Waals surface area contributed by atoms with Crippen molar-refractivity contribution >= 4 is 5.69 Å². The number of rotatable bonds is 5. The van der Waals surface area contributed by atoms with Gasteiger partial charge in [0.25, 0.3) is 0 Å². The highest BCUT2D eigenvalue weighted by Gasteiger charge is 2.31. The second-order valence-electron chi connectivity index (χ2n) is 7.45. The molecule has 1 aliphatic heterocycles. The van der Waals surface area contributed by atoms with Crippen LogP contribution in [0.1, 0.15) is 18.4 Å². The number of nitrogens with one attached hydrogen (secondary N) is 1. The van der Waals surface area contributed by atoms with Crippen molar-refractivity contribution in [3.05, 3.63) is 72.0 Å². The van der Waals surface area contributed by atoms with Gasteiger partial charge in [0.2, 0.25) is 0 Å². The number of halogens is 5. The average Bonchev–Trinajstić information content (AvgIpc) is 2.71. The number of allylic oxidation sites excluding steroid dienone is 2. The Labute approximate surface area is 176 Å². The first-order valence-electron chi connectivity index (χ1n) is 9.86. The van der Waals surface area contributed by atoms with Crippen LogP contribution in [0, 0.1) is 5.92 Å². The van der Waals surface area contributed by atoms with E-state index in [0.29, 0.717) is 18.4 Å². The number of benzene rings is 2. The summed E-state index contributed by atoms with van der Waals surface area (Å²) in [5.41, 5.74) is 3.35. The van der Waals surface area contributed by atoms with Crippen molar-refractivity contribution in [2.75, 3.05) is 5.32 Å². The molecular formula is C23H20F5NO2. The second kappa shape index (κ2) is 8.61. The minimum Gasteiger partial charge on any atom is -0.435 e. The van der Waals surface area contributed by atoms with E-state index in [1.807, 2.05) is 24.3 Å². The van der Waals surface area contributed by atoms with Crippen molar-refractivity contribution in [1.29, 1.82) is 0 Å². The zero-order chi connectivity index (χ0) is 22.0. The molecule has 0 amide bonds. The molecule has 0 spiro atoms. The molecule has 1 N–H and O–H groups in total. The van der Waals surface area contributed by atoms with Crippen molar-refractivity contribution in [2.24, 2.45) is 5.92 Å². The third-order valence-corrected chi connectivity index (χ3v) is 5.41. The molecule has 0 saturated heterocycles. The molecule has 4 rings (SSSR count). The van der Waals surface area contributed by atoms with E-state index in [1.54, 1.807) is 18.2 Å². The Balaban J connectivity index is 1.55. The lowest BCUT2D eigenvalue weighted by molar-refractivity contribution is -0.274. The summed E-state index contributed by atoms with van der Waals surface area (Å²) in [6.45, 7) is -2.87. The highest BCUT2D eigenvalue weighted by molar-refractivity contribution is 5.75. The predicted octanol–water partition coefficient (Wildman–Crippen LogP) is 6.68. The maximum Gasteiger partial charge on any atom is 0.573 e. The maximum atomic E-state index is 12.6. The minimum atomic E-state index is -4.75. The summed E-state index contributed by atoms with van der Waals surface area (Å²) in [6.07, 6.45) is 2.50. The maximum absolute atomic E-state index is 12.6. The van der Waals surface area contributed by atoms with Crippen LogP contribution < -0.4 is 10.1 Å². The fourth-order valence-electron chi connectivity index (χ4n) is 4.15. The Kier molecular flexibility index (Phi) is 5.89. The summed E-state index contributed by atoms with van der Waals surface area (Å²) in [4.78, 5) is 0. The van der Waals surface area contributed by atoms with Gasteiger partial charge < -0.3 is 14.8 Å². The van der Waals surface area contributed by atoms with Gasteiger partial charge in [-0.1, -0.05) is 30.3 Å². The van der Waals surface area contributed by atoms with Crippen LogP contribution in [0.15, 0.2) is 66.5 Å². The van der Waals surface area contributed by atoms with Crippen LogP contribution in [0.2, 0.25) is 0 Å². The molecule has 31 heavy (non-hydrogen) atoms. The molecule has 0 radical (unpaired) electrons. The molecular weight excluding hydrogens is 417 g/mol. The third-order valence-electron chi connectivity index (χ3n) is 5.41. The molecule has 0 aromatic heterocycles. The first-order chi connectivity index (χ1) is 14.8. The molecule has 164 valence electrons. The summed E-state index contributed by atoms with van der Waals surface area (Å²) >= 11 is 0. The number of ether oxygens (including phenoxy) is 2. The molecule has 2 aromatic carbocycles. The van der Waals surface area contributed by atoms with Gasteiger partial charge in [0.05, 0.1) is 0 Å². The molecule has 2 atom stereocenters. The highest BCUT2D eigenvalue weighted by Crippen LogP contribution is 2.38. The van der Waals surface area contributed by atoms with Gasteiger partial charge in [0.15, 0.2) is 0 Å². The number of hydrogen-bond acceptors (Lipinski definition) is 3. The smallest absolute Gasteiger partial charge is 0.435 e. The summed E-state index contributed by atoms with van der Waals surface area (Å²) in [5, 5.41) is 3.47. The normalized spacial score (nSPS) is 20.6. The standard InChI is InChI=1S/C23H20F5NO2/c24-22(25)30-16-6-2-5-15(13-16)20-11-10-19-18(8-3-9-21(19)29-20)14-4-1-7-17(12-14)31-23(26,27)28/h1-4,6-9,12-13,15,20,22,29H,5,10-11H2/t15-,20?/m0/s1. The molecule has 1 unspecified atom stereocenters. The van der Waals surface area contributed by atoms with Crippen molar-refractivity contribution in [1.82, 2.24) is 0 Å². The molecule has 0 saturated carbocycles. The highest BCUT2D eigenvalue weighted by atomic mass is 19.4. The van der Waals surface area contributed by atoms with Crippen LogP contribution in [-0.2, 0) is 11.2 Å². The number of fused-ring (bicyclic) bond motifs is 1. The molecule has 0 fully saturated rings. The first kappa shape index (κ1) is 21.2. The Bertz CT molecular complexity index is 1000. The van der Waals surface area contributed by atoms with Crippen molar-refractivity contribution in [3.8, 4) is 16.9 Å². The minimum absolute atomic E-state index is 0.000861. The monoisotopic (exact) mass is 437 g/mol. The van der Waals surface area contributed by atoms with Crippen LogP contribution in [-0.4, -0.2) is 19.0 Å². The lowest BCUT2D eigenvalue weighted by atomic mass is 9.83. The van der Waals surface area contributed by atoms with E-state index < -0.39 is 13.0 Å². The lowest BCUT2D eigenvalue weighted by Gasteiger charge is -2.33. The number of alkyl halides is 5. The number of hydrogen-bond donors (Lipinski definition) is 1. The fraction of sp³-hybridized carbons (Fsp3) is 0.304. The van der Waals surface area contributed by atoms with Crippen LogP contribution in [0.25, 0.3) is 11.1 Å². The molecule has 2 aromatic rings. The fourth-order valence-corrected chi connectivity index (χ4v) is 4.15. The Morgan fingerprint density at radius 2 is 1.87 bits per heavy atom. The van der Waals surface area contributed by atoms with Gasteiger partial charge in [0.1, 0.15) is 11.5 Å². The van der Waals surface area contributed by atoms with Gasteiger partial charge in [-0.2, -0.15) is 8.78 Å². The van der Waals surface area contributed by atoms with E-state index in [9.17, 15) is 22.0 Å². The van der Waals surface area contributed by atoms with Gasteiger partial charge in [-0.05, 0) is 66.3 Å². The SMILES string of the molecule is FC(F)OC1=C[C@@H](C2CCc3c(cccc3-c3cccc(OC(F)(F)F)c3)N2)CC=C1. The second-order valence-corrected chi connectivity index (χ2v) is 7.45. The molecule has 0 bridgehead atoms. The Morgan fingerprint density at radius 3 is 2.65 bits per heavy atom. The summed E-state index contributed by atoms with van der Waals surface area (Å²) in [6, 6.07) is 11.6. The molecule has 8 heteroatoms. The van der Waals surface area contributed by atoms with Crippen LogP contribution in [0.4, 0.5) is 27.6 Å². The molecule has 1 aliphatic carbocycles. The van der Waals surface area contributed by atoms with Gasteiger partial charge >= 0.3 is 13.0 Å². The van der Waals surface area contributed by atoms with E-state index in [4.69, 9.17) is 0 Å². The summed E-state index contributed by atoms with van der Waals surface area (Å²) in [7, 11) is 0. The van der Waals surface area contributed by atoms with Gasteiger partial charge in [-0.25, -0.2) is 0 Å². The molecule has 3 nitrogen and oxygen atoms in total. The quantitative estimate of drug-likeness (QED) is 0.530. The van der Waals surface area contributed by atoms with Gasteiger partial charge in [-0.15, -0.1) is 13.2 Å². The van der Waals surface area contributed by atoms with Crippen molar-refractivity contribution < 1.29 is 31.4 Å². The van der Waals surface area contributed by atoms with E-state index in [2.05, 4.69) is 14.8 Å². The van der Waals surface area contributed by atoms with Crippen LogP contribution in [0.5, 0.6) is 5.75 Å². The van der Waals surface area contributed by atoms with Gasteiger partial charge in [0, 0.05) is 17.6 Å². The number of anilines is 1. The van der Waals surface area contributed by atoms with E-state index >= 15 is 0 Å². The summed E-state index contributed by atoms with van der Waals surface area (Å²) < 4.78 is 71.3. The third kappa shape index (κ3) is 5.18. The zero-order valence-electron chi connectivity index (χ0n) is 16.3. The van der Waals surface area contributed by atoms with Gasteiger partial charge in [-0.3, -0.25) is 0 Å². The zero-order valence-corrected chi connectivity index (χ0v) is 16.3. The topological polar surface area (TPSA) is 30.5 Å². The first-order valence-corrected chi connectivity index (χ1v) is 9.86. The van der Waals surface area contributed by atoms with Crippen LogP contribution >= 0.6 is 0 Å². The molecule has 1 heterocycles. The van der Waals surface area contributed by atoms with Crippen molar-refractivity contribution in [3.63, 3.8) is 0 Å². The van der Waals surface area contributed by atoms with E-state index in [0.717, 1.165) is 23.2 Å². The summed E-state index contributed by atoms with van der Waals surface area (Å²) in [5.74, 6) is -0.108. The predicted molar refractivity (Wildman–Crippen MR) is 107 cm³/mol. The largest absolute Gasteiger partial charge is 0.573 e. The van der Waals surface area contributed by atoms with Crippen LogP contribution in [0.3, 0.4) is 0 Å². The Morgan fingerprint density at radius 1 is 1.06 bits per heavy atom. The Hall–Kier alpha value is -3.03. The van der Waals surface area contributed by atoms with Crippen molar-refractivity contribution in [2.45, 2.75) is 38.3 Å². The average molecular weight is 437 g/mol. The molecule has 2 aliphatic rings. The lowest BCUT2D eigenvalue weighted by Crippen LogP contribution is -2.33. The van der Waals surface area contributed by atoms with E-state index in [-0.39, 0.29) is 23.5 Å².